The lowest BCUT2D eigenvalue weighted by Gasteiger charge is -2.26. The Morgan fingerprint density at radius 2 is 1.83 bits per heavy atom. The van der Waals surface area contributed by atoms with Crippen molar-refractivity contribution in [3.05, 3.63) is 99.8 Å². The number of rotatable bonds is 3. The molecule has 1 amide bonds. The van der Waals surface area contributed by atoms with Gasteiger partial charge in [0.05, 0.1) is 11.3 Å². The zero-order chi connectivity index (χ0) is 21.4. The maximum absolute atomic E-state index is 13.1. The number of halogens is 1. The van der Waals surface area contributed by atoms with E-state index in [0.717, 1.165) is 11.1 Å². The second kappa shape index (κ2) is 7.76. The Labute approximate surface area is 179 Å². The predicted molar refractivity (Wildman–Crippen MR) is 116 cm³/mol. The molecule has 2 heterocycles. The number of amides is 1. The number of pyridine rings is 1. The molecule has 5 nitrogen and oxygen atoms in total. The van der Waals surface area contributed by atoms with Gasteiger partial charge in [-0.05, 0) is 55.3 Å². The molecule has 1 fully saturated rings. The minimum atomic E-state index is -0.856. The molecule has 30 heavy (non-hydrogen) atoms. The number of nitrogens with zero attached hydrogens (tertiary/aromatic N) is 2. The van der Waals surface area contributed by atoms with Crippen LogP contribution in [-0.2, 0) is 9.59 Å². The number of ketones is 1. The molecule has 1 saturated heterocycles. The summed E-state index contributed by atoms with van der Waals surface area (Å²) in [6, 6.07) is 16.7. The van der Waals surface area contributed by atoms with Gasteiger partial charge in [-0.25, -0.2) is 0 Å². The van der Waals surface area contributed by atoms with Crippen LogP contribution in [0.3, 0.4) is 0 Å². The van der Waals surface area contributed by atoms with Gasteiger partial charge in [0.2, 0.25) is 0 Å². The second-order valence-electron chi connectivity index (χ2n) is 7.22. The largest absolute Gasteiger partial charge is 0.507 e. The van der Waals surface area contributed by atoms with E-state index in [2.05, 4.69) is 4.98 Å². The van der Waals surface area contributed by atoms with Crippen LogP contribution in [0.25, 0.3) is 5.76 Å². The second-order valence-corrected chi connectivity index (χ2v) is 7.66. The van der Waals surface area contributed by atoms with Crippen LogP contribution in [0.1, 0.15) is 28.4 Å². The molecule has 0 spiro atoms. The van der Waals surface area contributed by atoms with Gasteiger partial charge in [0.1, 0.15) is 11.8 Å². The highest BCUT2D eigenvalue weighted by Crippen LogP contribution is 2.42. The third-order valence-corrected chi connectivity index (χ3v) is 5.37. The minimum Gasteiger partial charge on any atom is -0.507 e. The number of anilines is 1. The maximum Gasteiger partial charge on any atom is 0.300 e. The maximum atomic E-state index is 13.1. The number of aromatic nitrogens is 1. The highest BCUT2D eigenvalue weighted by atomic mass is 35.5. The lowest BCUT2D eigenvalue weighted by atomic mass is 9.98. The van der Waals surface area contributed by atoms with E-state index < -0.39 is 17.7 Å². The van der Waals surface area contributed by atoms with E-state index in [1.165, 1.54) is 4.90 Å². The number of hydrogen-bond acceptors (Lipinski definition) is 4. The Balaban J connectivity index is 1.99. The van der Waals surface area contributed by atoms with Gasteiger partial charge in [-0.3, -0.25) is 19.5 Å². The molecule has 1 aliphatic heterocycles. The van der Waals surface area contributed by atoms with Crippen molar-refractivity contribution in [3.63, 3.8) is 0 Å². The molecular formula is C24H19ClN2O3. The first-order valence-corrected chi connectivity index (χ1v) is 9.81. The standard InChI is InChI=1S/C24H19ClN2O3/c1-14-9-10-15(2)19(12-14)27-21(18-8-3-4-11-26-18)20(23(29)24(27)30)22(28)16-6-5-7-17(25)13-16/h3-13,21,28H,1-2H3/b22-20+. The molecule has 1 unspecified atom stereocenters. The van der Waals surface area contributed by atoms with E-state index in [9.17, 15) is 14.7 Å². The Kier molecular flexibility index (Phi) is 5.14. The average molecular weight is 419 g/mol. The molecule has 1 atom stereocenters. The lowest BCUT2D eigenvalue weighted by molar-refractivity contribution is -0.132. The van der Waals surface area contributed by atoms with Gasteiger partial charge in [0, 0.05) is 22.5 Å². The Bertz CT molecular complexity index is 1190. The van der Waals surface area contributed by atoms with Gasteiger partial charge in [-0.1, -0.05) is 41.9 Å². The van der Waals surface area contributed by atoms with E-state index >= 15 is 0 Å². The van der Waals surface area contributed by atoms with Crippen molar-refractivity contribution in [2.24, 2.45) is 0 Å². The van der Waals surface area contributed by atoms with Crippen molar-refractivity contribution in [1.29, 1.82) is 0 Å². The van der Waals surface area contributed by atoms with Crippen LogP contribution in [-0.4, -0.2) is 21.8 Å². The summed E-state index contributed by atoms with van der Waals surface area (Å²) in [6.07, 6.45) is 1.60. The fourth-order valence-corrected chi connectivity index (χ4v) is 3.86. The molecule has 0 saturated carbocycles. The summed E-state index contributed by atoms with van der Waals surface area (Å²) in [6.45, 7) is 3.79. The average Bonchev–Trinajstić information content (AvgIpc) is 3.00. The van der Waals surface area contributed by atoms with Crippen LogP contribution in [0.5, 0.6) is 0 Å². The molecule has 0 radical (unpaired) electrons. The summed E-state index contributed by atoms with van der Waals surface area (Å²) in [5.74, 6) is -1.74. The summed E-state index contributed by atoms with van der Waals surface area (Å²) < 4.78 is 0. The van der Waals surface area contributed by atoms with Crippen molar-refractivity contribution in [2.75, 3.05) is 4.90 Å². The summed E-state index contributed by atoms with van der Waals surface area (Å²) in [7, 11) is 0. The van der Waals surface area contributed by atoms with Crippen molar-refractivity contribution in [1.82, 2.24) is 4.98 Å². The number of aryl methyl sites for hydroxylation is 2. The Hall–Kier alpha value is -3.44. The van der Waals surface area contributed by atoms with Crippen LogP contribution < -0.4 is 4.90 Å². The topological polar surface area (TPSA) is 70.5 Å². The molecule has 2 aromatic carbocycles. The van der Waals surface area contributed by atoms with Crippen LogP contribution in [0, 0.1) is 13.8 Å². The van der Waals surface area contributed by atoms with Gasteiger partial charge in [0.15, 0.2) is 0 Å². The first kappa shape index (κ1) is 19.9. The number of aliphatic hydroxyl groups is 1. The molecule has 4 rings (SSSR count). The molecule has 6 heteroatoms. The normalized spacial score (nSPS) is 18.1. The minimum absolute atomic E-state index is 0.0122. The summed E-state index contributed by atoms with van der Waals surface area (Å²) in [5, 5.41) is 11.5. The number of carbonyl (C=O) groups is 2. The van der Waals surface area contributed by atoms with E-state index in [4.69, 9.17) is 11.6 Å². The predicted octanol–water partition coefficient (Wildman–Crippen LogP) is 4.98. The van der Waals surface area contributed by atoms with E-state index in [1.807, 2.05) is 32.0 Å². The van der Waals surface area contributed by atoms with Gasteiger partial charge >= 0.3 is 0 Å². The number of carbonyl (C=O) groups excluding carboxylic acids is 2. The van der Waals surface area contributed by atoms with Crippen molar-refractivity contribution in [2.45, 2.75) is 19.9 Å². The van der Waals surface area contributed by atoms with Gasteiger partial charge < -0.3 is 5.11 Å². The van der Waals surface area contributed by atoms with Crippen LogP contribution in [0.4, 0.5) is 5.69 Å². The molecule has 1 aliphatic rings. The van der Waals surface area contributed by atoms with Crippen LogP contribution in [0.15, 0.2) is 72.4 Å². The summed E-state index contributed by atoms with van der Waals surface area (Å²) >= 11 is 6.07. The van der Waals surface area contributed by atoms with E-state index in [1.54, 1.807) is 48.7 Å². The molecule has 3 aromatic rings. The molecule has 0 bridgehead atoms. The fraction of sp³-hybridized carbons (Fsp3) is 0.125. The van der Waals surface area contributed by atoms with Crippen LogP contribution in [0.2, 0.25) is 5.02 Å². The third-order valence-electron chi connectivity index (χ3n) is 5.13. The molecule has 1 aromatic heterocycles. The molecule has 1 N–H and O–H groups in total. The number of Topliss-reactive ketones (excluding diaryl/α,β-unsaturated/α-hetero) is 1. The molecule has 150 valence electrons. The Morgan fingerprint density at radius 3 is 2.53 bits per heavy atom. The zero-order valence-electron chi connectivity index (χ0n) is 16.5. The van der Waals surface area contributed by atoms with Gasteiger partial charge in [-0.2, -0.15) is 0 Å². The summed E-state index contributed by atoms with van der Waals surface area (Å²) in [5.41, 5.74) is 3.24. The van der Waals surface area contributed by atoms with Crippen molar-refractivity contribution in [3.8, 4) is 0 Å². The monoisotopic (exact) mass is 418 g/mol. The lowest BCUT2D eigenvalue weighted by Crippen LogP contribution is -2.30. The Morgan fingerprint density at radius 1 is 1.03 bits per heavy atom. The first-order chi connectivity index (χ1) is 14.4. The van der Waals surface area contributed by atoms with E-state index in [-0.39, 0.29) is 11.3 Å². The van der Waals surface area contributed by atoms with E-state index in [0.29, 0.717) is 22.0 Å². The quantitative estimate of drug-likeness (QED) is 0.370. The summed E-state index contributed by atoms with van der Waals surface area (Å²) in [4.78, 5) is 32.0. The highest BCUT2D eigenvalue weighted by Gasteiger charge is 2.48. The SMILES string of the molecule is Cc1ccc(C)c(N2C(=O)C(=O)/C(=C(/O)c3cccc(Cl)c3)C2c2ccccn2)c1. The van der Waals surface area contributed by atoms with Gasteiger partial charge in [-0.15, -0.1) is 0 Å². The number of hydrogen-bond donors (Lipinski definition) is 1. The smallest absolute Gasteiger partial charge is 0.300 e. The van der Waals surface area contributed by atoms with Gasteiger partial charge in [0.25, 0.3) is 11.7 Å². The fourth-order valence-electron chi connectivity index (χ4n) is 3.67. The zero-order valence-corrected chi connectivity index (χ0v) is 17.2. The van der Waals surface area contributed by atoms with Crippen LogP contribution >= 0.6 is 11.6 Å². The highest BCUT2D eigenvalue weighted by molar-refractivity contribution is 6.51. The first-order valence-electron chi connectivity index (χ1n) is 9.43. The number of aliphatic hydroxyl groups excluding tert-OH is 1. The third kappa shape index (κ3) is 3.37. The van der Waals surface area contributed by atoms with Crippen molar-refractivity contribution >= 4 is 34.7 Å². The number of benzene rings is 2. The van der Waals surface area contributed by atoms with Crippen molar-refractivity contribution < 1.29 is 14.7 Å². The molecular weight excluding hydrogens is 400 g/mol. The molecule has 0 aliphatic carbocycles.